The number of anilines is 1. The highest BCUT2D eigenvalue weighted by molar-refractivity contribution is 7.91. The van der Waals surface area contributed by atoms with Gasteiger partial charge in [-0.1, -0.05) is 0 Å². The molecule has 10 nitrogen and oxygen atoms in total. The summed E-state index contributed by atoms with van der Waals surface area (Å²) >= 11 is 1.13. The molecule has 31 heavy (non-hydrogen) atoms. The Bertz CT molecular complexity index is 1190. The fourth-order valence-electron chi connectivity index (χ4n) is 2.87. The second-order valence-electron chi connectivity index (χ2n) is 6.95. The molecule has 3 rings (SSSR count). The van der Waals surface area contributed by atoms with Crippen LogP contribution in [0.4, 0.5) is 5.82 Å². The number of nitrogens with one attached hydrogen (secondary N) is 3. The van der Waals surface area contributed by atoms with Gasteiger partial charge >= 0.3 is 0 Å². The average molecular weight is 464 g/mol. The maximum atomic E-state index is 12.5. The quantitative estimate of drug-likeness (QED) is 0.412. The molecule has 0 radical (unpaired) electrons. The van der Waals surface area contributed by atoms with Gasteiger partial charge in [-0.15, -0.1) is 11.3 Å². The van der Waals surface area contributed by atoms with Crippen LogP contribution in [-0.4, -0.2) is 47.2 Å². The van der Waals surface area contributed by atoms with E-state index in [1.807, 2.05) is 19.9 Å². The number of hydrogen-bond acceptors (Lipinski definition) is 8. The van der Waals surface area contributed by atoms with Crippen LogP contribution in [-0.2, 0) is 21.4 Å². The zero-order valence-corrected chi connectivity index (χ0v) is 19.4. The molecule has 3 heterocycles. The highest BCUT2D eigenvalue weighted by Crippen LogP contribution is 2.21. The van der Waals surface area contributed by atoms with Crippen LogP contribution in [0.3, 0.4) is 0 Å². The van der Waals surface area contributed by atoms with Crippen molar-refractivity contribution < 1.29 is 13.2 Å². The van der Waals surface area contributed by atoms with Crippen LogP contribution < -0.4 is 15.4 Å². The number of aryl methyl sites for hydroxylation is 3. The van der Waals surface area contributed by atoms with E-state index < -0.39 is 10.0 Å². The average Bonchev–Trinajstić information content (AvgIpc) is 3.30. The summed E-state index contributed by atoms with van der Waals surface area (Å²) in [5.41, 5.74) is 1.86. The molecule has 0 spiro atoms. The van der Waals surface area contributed by atoms with Crippen molar-refractivity contribution in [2.24, 2.45) is 0 Å². The van der Waals surface area contributed by atoms with Gasteiger partial charge in [-0.3, -0.25) is 4.79 Å². The molecule has 0 saturated heterocycles. The smallest absolute Gasteiger partial charge is 0.250 e. The van der Waals surface area contributed by atoms with Gasteiger partial charge in [0.25, 0.3) is 0 Å². The van der Waals surface area contributed by atoms with E-state index in [2.05, 4.69) is 30.4 Å². The molecule has 12 heteroatoms. The Balaban J connectivity index is 1.58. The van der Waals surface area contributed by atoms with Crippen LogP contribution in [0, 0.1) is 20.8 Å². The summed E-state index contributed by atoms with van der Waals surface area (Å²) in [6.07, 6.45) is 0. The number of sulfonamides is 1. The van der Waals surface area contributed by atoms with Crippen LogP contribution in [0.25, 0.3) is 5.82 Å². The Kier molecular flexibility index (Phi) is 7.03. The molecule has 0 aromatic carbocycles. The largest absolute Gasteiger partial charge is 0.369 e. The van der Waals surface area contributed by atoms with Crippen molar-refractivity contribution >= 4 is 33.1 Å². The summed E-state index contributed by atoms with van der Waals surface area (Å²) in [7, 11) is -3.63. The van der Waals surface area contributed by atoms with Crippen molar-refractivity contribution in [2.75, 3.05) is 18.4 Å². The van der Waals surface area contributed by atoms with Crippen molar-refractivity contribution in [1.82, 2.24) is 29.8 Å². The van der Waals surface area contributed by atoms with Crippen molar-refractivity contribution in [1.29, 1.82) is 0 Å². The van der Waals surface area contributed by atoms with Crippen LogP contribution in [0.2, 0.25) is 0 Å². The van der Waals surface area contributed by atoms with Gasteiger partial charge in [0.2, 0.25) is 15.9 Å². The third-order valence-electron chi connectivity index (χ3n) is 4.19. The zero-order chi connectivity index (χ0) is 22.6. The van der Waals surface area contributed by atoms with E-state index in [0.29, 0.717) is 30.5 Å². The first kappa shape index (κ1) is 22.8. The molecular weight excluding hydrogens is 438 g/mol. The second kappa shape index (κ2) is 9.54. The van der Waals surface area contributed by atoms with E-state index in [9.17, 15) is 13.2 Å². The van der Waals surface area contributed by atoms with Gasteiger partial charge < -0.3 is 10.6 Å². The minimum atomic E-state index is -3.63. The van der Waals surface area contributed by atoms with Gasteiger partial charge in [0, 0.05) is 36.7 Å². The van der Waals surface area contributed by atoms with E-state index in [1.54, 1.807) is 23.7 Å². The Morgan fingerprint density at radius 2 is 1.90 bits per heavy atom. The number of amides is 1. The molecule has 0 atom stereocenters. The highest BCUT2D eigenvalue weighted by atomic mass is 32.2. The maximum Gasteiger partial charge on any atom is 0.250 e. The van der Waals surface area contributed by atoms with Crippen LogP contribution >= 0.6 is 11.3 Å². The number of aromatic nitrogens is 4. The highest BCUT2D eigenvalue weighted by Gasteiger charge is 2.16. The first-order chi connectivity index (χ1) is 14.6. The van der Waals surface area contributed by atoms with Crippen molar-refractivity contribution in [3.8, 4) is 5.82 Å². The van der Waals surface area contributed by atoms with E-state index in [-0.39, 0.29) is 16.7 Å². The molecule has 1 amide bonds. The third kappa shape index (κ3) is 6.09. The molecule has 166 valence electrons. The first-order valence-electron chi connectivity index (χ1n) is 9.60. The molecule has 0 fully saturated rings. The number of hydrogen-bond donors (Lipinski definition) is 3. The number of thiophene rings is 1. The van der Waals surface area contributed by atoms with E-state index in [4.69, 9.17) is 0 Å². The van der Waals surface area contributed by atoms with Gasteiger partial charge in [-0.2, -0.15) is 5.10 Å². The molecule has 3 N–H and O–H groups in total. The predicted molar refractivity (Wildman–Crippen MR) is 119 cm³/mol. The first-order valence-corrected chi connectivity index (χ1v) is 11.9. The minimum absolute atomic E-state index is 0.164. The van der Waals surface area contributed by atoms with E-state index in [1.165, 1.54) is 13.0 Å². The van der Waals surface area contributed by atoms with E-state index in [0.717, 1.165) is 27.6 Å². The Morgan fingerprint density at radius 3 is 2.58 bits per heavy atom. The van der Waals surface area contributed by atoms with Gasteiger partial charge in [0.1, 0.15) is 15.9 Å². The lowest BCUT2D eigenvalue weighted by Gasteiger charge is -2.10. The molecule has 3 aromatic rings. The van der Waals surface area contributed by atoms with Gasteiger partial charge in [-0.25, -0.2) is 27.8 Å². The molecule has 0 bridgehead atoms. The van der Waals surface area contributed by atoms with Gasteiger partial charge in [0.15, 0.2) is 5.82 Å². The molecule has 0 aliphatic heterocycles. The minimum Gasteiger partial charge on any atom is -0.369 e. The normalized spacial score (nSPS) is 11.5. The number of nitrogens with zero attached hydrogens (tertiary/aromatic N) is 4. The molecule has 0 unspecified atom stereocenters. The van der Waals surface area contributed by atoms with Crippen molar-refractivity contribution in [3.63, 3.8) is 0 Å². The van der Waals surface area contributed by atoms with Crippen molar-refractivity contribution in [2.45, 2.75) is 38.4 Å². The summed E-state index contributed by atoms with van der Waals surface area (Å²) in [6.45, 7) is 7.90. The standard InChI is InChI=1S/C19H25N7O3S2/c1-12-9-13(2)26(25-12)18-10-17(23-14(3)24-18)20-7-8-22-31(28,29)19-6-5-16(30-19)11-21-15(4)27/h5-6,9-10,22H,7-8,11H2,1-4H3,(H,21,27)(H,20,23,24). The lowest BCUT2D eigenvalue weighted by atomic mass is 10.4. The van der Waals surface area contributed by atoms with Gasteiger partial charge in [0.05, 0.1) is 12.2 Å². The molecule has 3 aromatic heterocycles. The fourth-order valence-corrected chi connectivity index (χ4v) is 5.24. The van der Waals surface area contributed by atoms with E-state index >= 15 is 0 Å². The monoisotopic (exact) mass is 463 g/mol. The number of carbonyl (C=O) groups excluding carboxylic acids is 1. The fraction of sp³-hybridized carbons (Fsp3) is 0.368. The summed E-state index contributed by atoms with van der Waals surface area (Å²) in [6, 6.07) is 6.96. The number of rotatable bonds is 9. The molecule has 0 aliphatic rings. The summed E-state index contributed by atoms with van der Waals surface area (Å²) < 4.78 is 29.5. The Labute approximate surface area is 185 Å². The summed E-state index contributed by atoms with van der Waals surface area (Å²) in [5.74, 6) is 1.65. The van der Waals surface area contributed by atoms with Crippen LogP contribution in [0.5, 0.6) is 0 Å². The molecule has 0 saturated carbocycles. The number of carbonyl (C=O) groups is 1. The maximum absolute atomic E-state index is 12.5. The summed E-state index contributed by atoms with van der Waals surface area (Å²) in [5, 5.41) is 10.2. The van der Waals surface area contributed by atoms with Crippen LogP contribution in [0.15, 0.2) is 28.5 Å². The lowest BCUT2D eigenvalue weighted by molar-refractivity contribution is -0.119. The predicted octanol–water partition coefficient (Wildman–Crippen LogP) is 1.68. The Hall–Kier alpha value is -2.83. The lowest BCUT2D eigenvalue weighted by Crippen LogP contribution is -2.28. The second-order valence-corrected chi connectivity index (χ2v) is 10.1. The SMILES string of the molecule is CC(=O)NCc1ccc(S(=O)(=O)NCCNc2cc(-n3nc(C)cc3C)nc(C)n2)s1. The van der Waals surface area contributed by atoms with Crippen LogP contribution in [0.1, 0.15) is 29.0 Å². The topological polar surface area (TPSA) is 131 Å². The molecule has 0 aliphatic carbocycles. The summed E-state index contributed by atoms with van der Waals surface area (Å²) in [4.78, 5) is 20.5. The zero-order valence-electron chi connectivity index (χ0n) is 17.8. The van der Waals surface area contributed by atoms with Crippen molar-refractivity contribution in [3.05, 3.63) is 46.4 Å². The Morgan fingerprint density at radius 1 is 1.13 bits per heavy atom. The molecular formula is C19H25N7O3S2. The third-order valence-corrected chi connectivity index (χ3v) is 7.23. The van der Waals surface area contributed by atoms with Gasteiger partial charge in [-0.05, 0) is 39.0 Å².